The van der Waals surface area contributed by atoms with Gasteiger partial charge in [-0.05, 0) is 102 Å². The summed E-state index contributed by atoms with van der Waals surface area (Å²) >= 11 is 0. The van der Waals surface area contributed by atoms with E-state index < -0.39 is 0 Å². The molecule has 0 saturated heterocycles. The van der Waals surface area contributed by atoms with Crippen LogP contribution in [0, 0.1) is 11.8 Å². The molecule has 0 nitrogen and oxygen atoms in total. The molecule has 2 unspecified atom stereocenters. The third-order valence-corrected chi connectivity index (χ3v) is 9.73. The largest absolute Gasteiger partial charge is 0.0991 e. The third kappa shape index (κ3) is 13.8. The molecule has 0 spiro atoms. The topological polar surface area (TPSA) is 0 Å². The fraction of sp³-hybridized carbons (Fsp3) is 0.357. The van der Waals surface area contributed by atoms with Crippen molar-refractivity contribution in [1.82, 2.24) is 0 Å². The first kappa shape index (κ1) is 51.3. The molecule has 2 aromatic carbocycles. The van der Waals surface area contributed by atoms with Crippen molar-refractivity contribution in [2.45, 2.75) is 122 Å². The Morgan fingerprint density at radius 3 is 1.96 bits per heavy atom. The van der Waals surface area contributed by atoms with Gasteiger partial charge in [-0.3, -0.25) is 0 Å². The molecule has 2 atom stereocenters. The Balaban J connectivity index is 0.00000412. The van der Waals surface area contributed by atoms with Crippen LogP contribution in [0.1, 0.15) is 133 Å². The fourth-order valence-electron chi connectivity index (χ4n) is 7.21. The first-order valence-corrected chi connectivity index (χ1v) is 20.4. The smallest absolute Gasteiger partial charge is 0.0146 e. The molecule has 56 heavy (non-hydrogen) atoms. The lowest BCUT2D eigenvalue weighted by Crippen LogP contribution is -2.19. The molecule has 0 amide bonds. The number of hydrogen-bond donors (Lipinski definition) is 0. The highest BCUT2D eigenvalue weighted by Crippen LogP contribution is 2.44. The standard InChI is InChI=1S/C49H56.C3H8.C2H6.2CH4/c1-10-18-36(6)47(37(7)19-11-2)39-31-33-44(34-32-39)49(8,9)43(21-13-4)25-17-23-38-27-29-40(30-28-38)48-45(22-14-5)41(20-12-3)35-42-24-15-16-26-46(42)48;1-3-2;1-2;;/h10-13,15-21,24-35,42,46H,4,6,14,22-23H2,1-3,5,7-9H3;3H2,1-2H3;1-2H3;2*1H4/b18-10-,19-11-,20-12-,25-17-,43-21+,47-37-;;;;. The van der Waals surface area contributed by atoms with Gasteiger partial charge in [-0.15, -0.1) is 0 Å². The Labute approximate surface area is 346 Å². The van der Waals surface area contributed by atoms with Gasteiger partial charge in [0, 0.05) is 17.3 Å². The molecular weight excluding hydrogens is 673 g/mol. The van der Waals surface area contributed by atoms with Gasteiger partial charge in [0.1, 0.15) is 0 Å². The average Bonchev–Trinajstić information content (AvgIpc) is 3.17. The minimum Gasteiger partial charge on any atom is -0.0991 e. The van der Waals surface area contributed by atoms with Gasteiger partial charge in [0.15, 0.2) is 0 Å². The fourth-order valence-corrected chi connectivity index (χ4v) is 7.21. The number of hydrogen-bond acceptors (Lipinski definition) is 0. The van der Waals surface area contributed by atoms with E-state index in [1.165, 1.54) is 62.1 Å². The van der Waals surface area contributed by atoms with E-state index in [4.69, 9.17) is 0 Å². The predicted octanol–water partition coefficient (Wildman–Crippen LogP) is 17.5. The van der Waals surface area contributed by atoms with Crippen LogP contribution < -0.4 is 0 Å². The zero-order chi connectivity index (χ0) is 40.1. The van der Waals surface area contributed by atoms with Crippen LogP contribution in [-0.4, -0.2) is 0 Å². The van der Waals surface area contributed by atoms with E-state index in [1.54, 1.807) is 0 Å². The van der Waals surface area contributed by atoms with Crippen LogP contribution in [0.3, 0.4) is 0 Å². The summed E-state index contributed by atoms with van der Waals surface area (Å²) in [4.78, 5) is 0. The molecule has 0 heterocycles. The number of fused-ring (bicyclic) bond motifs is 1. The van der Waals surface area contributed by atoms with Crippen LogP contribution in [0.2, 0.25) is 0 Å². The van der Waals surface area contributed by atoms with Crippen LogP contribution in [0.4, 0.5) is 0 Å². The Morgan fingerprint density at radius 1 is 0.804 bits per heavy atom. The van der Waals surface area contributed by atoms with Crippen molar-refractivity contribution >= 4 is 11.1 Å². The minimum atomic E-state index is -0.199. The second-order valence-corrected chi connectivity index (χ2v) is 14.3. The monoisotopic (exact) mass is 751 g/mol. The number of benzene rings is 2. The molecule has 0 N–H and O–H groups in total. The van der Waals surface area contributed by atoms with E-state index in [9.17, 15) is 0 Å². The highest BCUT2D eigenvalue weighted by atomic mass is 14.3. The van der Waals surface area contributed by atoms with Gasteiger partial charge >= 0.3 is 0 Å². The Bertz CT molecular complexity index is 1810. The first-order valence-electron chi connectivity index (χ1n) is 20.4. The zero-order valence-electron chi connectivity index (χ0n) is 35.7. The van der Waals surface area contributed by atoms with Crippen LogP contribution in [0.5, 0.6) is 0 Å². The van der Waals surface area contributed by atoms with Gasteiger partial charge in [0.25, 0.3) is 0 Å². The van der Waals surface area contributed by atoms with Gasteiger partial charge in [0.2, 0.25) is 0 Å². The summed E-state index contributed by atoms with van der Waals surface area (Å²) in [5.41, 5.74) is 13.9. The van der Waals surface area contributed by atoms with Gasteiger partial charge in [-0.25, -0.2) is 0 Å². The molecular formula is C56H78. The second kappa shape index (κ2) is 27.0. The highest BCUT2D eigenvalue weighted by molar-refractivity contribution is 5.84. The lowest BCUT2D eigenvalue weighted by Gasteiger charge is -2.33. The summed E-state index contributed by atoms with van der Waals surface area (Å²) in [5.74, 6) is 0.795. The summed E-state index contributed by atoms with van der Waals surface area (Å²) < 4.78 is 0. The molecule has 0 aromatic heterocycles. The number of rotatable bonds is 14. The van der Waals surface area contributed by atoms with E-state index in [0.29, 0.717) is 11.8 Å². The maximum atomic E-state index is 4.35. The summed E-state index contributed by atoms with van der Waals surface area (Å²) in [7, 11) is 0. The van der Waals surface area contributed by atoms with Gasteiger partial charge in [-0.2, -0.15) is 0 Å². The van der Waals surface area contributed by atoms with Gasteiger partial charge in [0.05, 0.1) is 0 Å². The molecule has 0 aliphatic heterocycles. The molecule has 0 saturated carbocycles. The van der Waals surface area contributed by atoms with Crippen LogP contribution >= 0.6 is 0 Å². The van der Waals surface area contributed by atoms with Crippen LogP contribution in [-0.2, 0) is 11.8 Å². The van der Waals surface area contributed by atoms with Crippen molar-refractivity contribution in [2.24, 2.45) is 11.8 Å². The molecule has 2 aliphatic carbocycles. The molecule has 0 radical (unpaired) electrons. The molecule has 0 fully saturated rings. The van der Waals surface area contributed by atoms with Crippen LogP contribution in [0.25, 0.3) is 11.1 Å². The van der Waals surface area contributed by atoms with E-state index in [1.807, 2.05) is 32.9 Å². The molecule has 0 heteroatoms. The van der Waals surface area contributed by atoms with Crippen molar-refractivity contribution in [1.29, 1.82) is 0 Å². The van der Waals surface area contributed by atoms with E-state index in [0.717, 1.165) is 24.8 Å². The second-order valence-electron chi connectivity index (χ2n) is 14.3. The lowest BCUT2D eigenvalue weighted by molar-refractivity contribution is 0.639. The SMILES string of the molecule is C.C.C=C/C=C(\C=C/Cc1ccc(C2=C(CCC)C(/C=C\C)=CC3C=CC=CC23)cc1)C(C)(C)c1ccc(/C(C(=C)/C=C\C)=C(C)\C=C/C)cc1.CC.CCC. The minimum absolute atomic E-state index is 0. The van der Waals surface area contributed by atoms with Crippen molar-refractivity contribution in [3.8, 4) is 0 Å². The molecule has 302 valence electrons. The maximum absolute atomic E-state index is 4.35. The van der Waals surface area contributed by atoms with E-state index in [2.05, 4.69) is 196 Å². The Hall–Kier alpha value is -4.68. The molecule has 2 aromatic rings. The quantitative estimate of drug-likeness (QED) is 0.169. The van der Waals surface area contributed by atoms with Crippen molar-refractivity contribution < 1.29 is 0 Å². The van der Waals surface area contributed by atoms with Crippen molar-refractivity contribution in [3.05, 3.63) is 203 Å². The van der Waals surface area contributed by atoms with Gasteiger partial charge < -0.3 is 0 Å². The van der Waals surface area contributed by atoms with E-state index in [-0.39, 0.29) is 20.3 Å². The predicted molar refractivity (Wildman–Crippen MR) is 259 cm³/mol. The van der Waals surface area contributed by atoms with Gasteiger partial charge in [-0.1, -0.05) is 229 Å². The van der Waals surface area contributed by atoms with Crippen molar-refractivity contribution in [3.63, 3.8) is 0 Å². The Kier molecular flexibility index (Phi) is 24.8. The average molecular weight is 751 g/mol. The van der Waals surface area contributed by atoms with E-state index >= 15 is 0 Å². The first-order chi connectivity index (χ1) is 26.1. The third-order valence-electron chi connectivity index (χ3n) is 9.73. The Morgan fingerprint density at radius 2 is 1.41 bits per heavy atom. The molecule has 2 aliphatic rings. The molecule has 0 bridgehead atoms. The summed E-state index contributed by atoms with van der Waals surface area (Å²) in [6.45, 7) is 31.9. The summed E-state index contributed by atoms with van der Waals surface area (Å²) in [6, 6.07) is 18.3. The highest BCUT2D eigenvalue weighted by Gasteiger charge is 2.30. The number of allylic oxidation sites excluding steroid dienone is 22. The summed E-state index contributed by atoms with van der Waals surface area (Å²) in [5, 5.41) is 0. The summed E-state index contributed by atoms with van der Waals surface area (Å²) in [6.07, 6.45) is 37.4. The normalized spacial score (nSPS) is 17.0. The maximum Gasteiger partial charge on any atom is 0.0146 e. The van der Waals surface area contributed by atoms with Crippen LogP contribution in [0.15, 0.2) is 181 Å². The van der Waals surface area contributed by atoms with Crippen molar-refractivity contribution in [2.75, 3.05) is 0 Å². The molecule has 4 rings (SSSR count). The zero-order valence-corrected chi connectivity index (χ0v) is 35.7. The lowest BCUT2D eigenvalue weighted by atomic mass is 9.71.